The topological polar surface area (TPSA) is 66.9 Å². The SMILES string of the molecule is CC(=O)c1cc(C#N)cc(N)c1C(F)(F)F. The number of carbonyl (C=O) groups is 1. The second-order valence-corrected chi connectivity index (χ2v) is 3.15. The molecule has 0 aliphatic heterocycles. The largest absolute Gasteiger partial charge is 0.419 e. The molecule has 16 heavy (non-hydrogen) atoms. The molecular weight excluding hydrogens is 221 g/mol. The predicted molar refractivity (Wildman–Crippen MR) is 50.6 cm³/mol. The summed E-state index contributed by atoms with van der Waals surface area (Å²) in [4.78, 5) is 11.1. The Morgan fingerprint density at radius 3 is 2.38 bits per heavy atom. The Morgan fingerprint density at radius 2 is 2.00 bits per heavy atom. The molecule has 0 aliphatic rings. The summed E-state index contributed by atoms with van der Waals surface area (Å²) >= 11 is 0. The number of hydrogen-bond acceptors (Lipinski definition) is 3. The number of nitrogen functional groups attached to an aromatic ring is 1. The minimum Gasteiger partial charge on any atom is -0.398 e. The van der Waals surface area contributed by atoms with Gasteiger partial charge < -0.3 is 5.73 Å². The minimum atomic E-state index is -4.71. The number of nitrogens with zero attached hydrogens (tertiary/aromatic N) is 1. The van der Waals surface area contributed by atoms with Crippen LogP contribution in [0.1, 0.15) is 28.4 Å². The molecule has 0 aromatic heterocycles. The maximum absolute atomic E-state index is 12.6. The maximum atomic E-state index is 12.6. The third kappa shape index (κ3) is 2.14. The van der Waals surface area contributed by atoms with Gasteiger partial charge in [0.15, 0.2) is 5.78 Å². The lowest BCUT2D eigenvalue weighted by molar-refractivity contribution is -0.137. The van der Waals surface area contributed by atoms with E-state index in [1.807, 2.05) is 0 Å². The van der Waals surface area contributed by atoms with E-state index in [0.717, 1.165) is 19.1 Å². The Kier molecular flexibility index (Phi) is 2.90. The number of benzene rings is 1. The van der Waals surface area contributed by atoms with Gasteiger partial charge in [0.05, 0.1) is 17.2 Å². The van der Waals surface area contributed by atoms with Crippen LogP contribution in [0.25, 0.3) is 0 Å². The Bertz CT molecular complexity index is 486. The second kappa shape index (κ2) is 3.85. The van der Waals surface area contributed by atoms with E-state index in [9.17, 15) is 18.0 Å². The van der Waals surface area contributed by atoms with Crippen LogP contribution in [-0.4, -0.2) is 5.78 Å². The summed E-state index contributed by atoms with van der Waals surface area (Å²) in [5, 5.41) is 8.56. The summed E-state index contributed by atoms with van der Waals surface area (Å²) in [7, 11) is 0. The van der Waals surface area contributed by atoms with Crippen molar-refractivity contribution in [1.82, 2.24) is 0 Å². The van der Waals surface area contributed by atoms with Gasteiger partial charge >= 0.3 is 6.18 Å². The van der Waals surface area contributed by atoms with E-state index in [1.54, 1.807) is 6.07 Å². The number of nitriles is 1. The molecule has 6 heteroatoms. The fourth-order valence-electron chi connectivity index (χ4n) is 1.32. The first-order valence-corrected chi connectivity index (χ1v) is 4.19. The first kappa shape index (κ1) is 12.0. The highest BCUT2D eigenvalue weighted by Crippen LogP contribution is 2.37. The van der Waals surface area contributed by atoms with Gasteiger partial charge in [-0.25, -0.2) is 0 Å². The zero-order valence-electron chi connectivity index (χ0n) is 8.22. The van der Waals surface area contributed by atoms with Crippen LogP contribution in [-0.2, 0) is 6.18 Å². The molecule has 1 aromatic rings. The smallest absolute Gasteiger partial charge is 0.398 e. The zero-order chi connectivity index (χ0) is 12.5. The van der Waals surface area contributed by atoms with Gasteiger partial charge in [-0.05, 0) is 19.1 Å². The molecule has 0 saturated heterocycles. The highest BCUT2D eigenvalue weighted by molar-refractivity contribution is 5.97. The summed E-state index contributed by atoms with van der Waals surface area (Å²) in [6.07, 6.45) is -4.71. The molecule has 0 bridgehead atoms. The first-order valence-electron chi connectivity index (χ1n) is 4.19. The van der Waals surface area contributed by atoms with Gasteiger partial charge in [0.25, 0.3) is 0 Å². The van der Waals surface area contributed by atoms with E-state index in [1.165, 1.54) is 0 Å². The molecule has 84 valence electrons. The highest BCUT2D eigenvalue weighted by atomic mass is 19.4. The molecular formula is C10H7F3N2O. The lowest BCUT2D eigenvalue weighted by Gasteiger charge is -2.13. The van der Waals surface area contributed by atoms with Crippen molar-refractivity contribution < 1.29 is 18.0 Å². The van der Waals surface area contributed by atoms with E-state index in [2.05, 4.69) is 0 Å². The zero-order valence-corrected chi connectivity index (χ0v) is 8.22. The number of alkyl halides is 3. The van der Waals surface area contributed by atoms with E-state index in [-0.39, 0.29) is 5.56 Å². The number of carbonyl (C=O) groups excluding carboxylic acids is 1. The summed E-state index contributed by atoms with van der Waals surface area (Å²) in [5.74, 6) is -0.781. The fourth-order valence-corrected chi connectivity index (χ4v) is 1.32. The van der Waals surface area contributed by atoms with Crippen LogP contribution in [0, 0.1) is 11.3 Å². The van der Waals surface area contributed by atoms with Gasteiger partial charge in [0.1, 0.15) is 0 Å². The van der Waals surface area contributed by atoms with Crippen molar-refractivity contribution in [1.29, 1.82) is 5.26 Å². The molecule has 1 rings (SSSR count). The average molecular weight is 228 g/mol. The van der Waals surface area contributed by atoms with E-state index in [0.29, 0.717) is 0 Å². The number of halogens is 3. The van der Waals surface area contributed by atoms with Crippen molar-refractivity contribution in [3.8, 4) is 6.07 Å². The van der Waals surface area contributed by atoms with Crippen molar-refractivity contribution in [3.05, 3.63) is 28.8 Å². The lowest BCUT2D eigenvalue weighted by Crippen LogP contribution is -2.15. The van der Waals surface area contributed by atoms with Gasteiger partial charge in [0, 0.05) is 11.3 Å². The number of rotatable bonds is 1. The molecule has 3 nitrogen and oxygen atoms in total. The Labute approximate surface area is 89.3 Å². The van der Waals surface area contributed by atoms with Gasteiger partial charge in [-0.2, -0.15) is 18.4 Å². The Morgan fingerprint density at radius 1 is 1.44 bits per heavy atom. The van der Waals surface area contributed by atoms with E-state index < -0.39 is 28.8 Å². The summed E-state index contributed by atoms with van der Waals surface area (Å²) < 4.78 is 37.8. The number of nitrogens with two attached hydrogens (primary N) is 1. The van der Waals surface area contributed by atoms with Crippen LogP contribution in [0.3, 0.4) is 0 Å². The predicted octanol–water partition coefficient (Wildman–Crippen LogP) is 2.36. The molecule has 0 fully saturated rings. The summed E-state index contributed by atoms with van der Waals surface area (Å²) in [6, 6.07) is 3.43. The summed E-state index contributed by atoms with van der Waals surface area (Å²) in [6.45, 7) is 0.991. The molecule has 0 amide bonds. The quantitative estimate of drug-likeness (QED) is 0.592. The lowest BCUT2D eigenvalue weighted by atomic mass is 9.99. The molecule has 0 atom stereocenters. The standard InChI is InChI=1S/C10H7F3N2O/c1-5(16)7-2-6(4-14)3-8(15)9(7)10(11,12)13/h2-3H,15H2,1H3. The van der Waals surface area contributed by atoms with Crippen LogP contribution in [0.5, 0.6) is 0 Å². The van der Waals surface area contributed by atoms with Crippen LogP contribution in [0.4, 0.5) is 18.9 Å². The average Bonchev–Trinajstić information content (AvgIpc) is 2.14. The van der Waals surface area contributed by atoms with Gasteiger partial charge in [-0.1, -0.05) is 0 Å². The third-order valence-corrected chi connectivity index (χ3v) is 1.96. The van der Waals surface area contributed by atoms with Crippen LogP contribution < -0.4 is 5.73 Å². The van der Waals surface area contributed by atoms with Gasteiger partial charge in [-0.3, -0.25) is 4.79 Å². The molecule has 0 radical (unpaired) electrons. The highest BCUT2D eigenvalue weighted by Gasteiger charge is 2.37. The third-order valence-electron chi connectivity index (χ3n) is 1.96. The van der Waals surface area contributed by atoms with Crippen molar-refractivity contribution in [2.24, 2.45) is 0 Å². The molecule has 0 spiro atoms. The maximum Gasteiger partial charge on any atom is 0.419 e. The molecule has 0 heterocycles. The molecule has 0 saturated carbocycles. The second-order valence-electron chi connectivity index (χ2n) is 3.15. The van der Waals surface area contributed by atoms with Crippen molar-refractivity contribution in [2.45, 2.75) is 13.1 Å². The number of ketones is 1. The Balaban J connectivity index is 3.61. The summed E-state index contributed by atoms with van der Waals surface area (Å²) in [5.41, 5.74) is 2.75. The van der Waals surface area contributed by atoms with E-state index in [4.69, 9.17) is 11.0 Å². The monoisotopic (exact) mass is 228 g/mol. The Hall–Kier alpha value is -2.03. The minimum absolute atomic E-state index is 0.0734. The van der Waals surface area contributed by atoms with Crippen LogP contribution >= 0.6 is 0 Å². The number of hydrogen-bond donors (Lipinski definition) is 1. The van der Waals surface area contributed by atoms with Crippen LogP contribution in [0.2, 0.25) is 0 Å². The number of Topliss-reactive ketones (excluding diaryl/α,β-unsaturated/α-hetero) is 1. The molecule has 0 aliphatic carbocycles. The normalized spacial score (nSPS) is 10.9. The van der Waals surface area contributed by atoms with Gasteiger partial charge in [0.2, 0.25) is 0 Å². The van der Waals surface area contributed by atoms with Crippen molar-refractivity contribution >= 4 is 11.5 Å². The number of anilines is 1. The molecule has 1 aromatic carbocycles. The van der Waals surface area contributed by atoms with Crippen LogP contribution in [0.15, 0.2) is 12.1 Å². The first-order chi connectivity index (χ1) is 7.27. The van der Waals surface area contributed by atoms with Crippen molar-refractivity contribution in [2.75, 3.05) is 5.73 Å². The van der Waals surface area contributed by atoms with Crippen molar-refractivity contribution in [3.63, 3.8) is 0 Å². The van der Waals surface area contributed by atoms with Gasteiger partial charge in [-0.15, -0.1) is 0 Å². The molecule has 0 unspecified atom stereocenters. The fraction of sp³-hybridized carbons (Fsp3) is 0.200. The molecule has 2 N–H and O–H groups in total. The van der Waals surface area contributed by atoms with E-state index >= 15 is 0 Å².